The summed E-state index contributed by atoms with van der Waals surface area (Å²) in [7, 11) is 0. The van der Waals surface area contributed by atoms with Crippen molar-refractivity contribution >= 4 is 12.9 Å². The first-order valence-electron chi connectivity index (χ1n) is 1.72. The third kappa shape index (κ3) is 2.69. The van der Waals surface area contributed by atoms with Gasteiger partial charge in [0.25, 0.3) is 0 Å². The fourth-order valence-corrected chi connectivity index (χ4v) is 0.134. The molecule has 3 heteroatoms. The van der Waals surface area contributed by atoms with E-state index in [1.54, 1.807) is 0 Å². The average molecular weight is 97.1 g/mol. The van der Waals surface area contributed by atoms with Crippen molar-refractivity contribution in [3.05, 3.63) is 12.3 Å². The molecule has 0 saturated carbocycles. The summed E-state index contributed by atoms with van der Waals surface area (Å²) in [5, 5.41) is 9.79. The summed E-state index contributed by atoms with van der Waals surface area (Å²) in [6.07, 6.45) is 1.06. The maximum Gasteiger partial charge on any atom is 0.0665 e. The molecule has 3 nitrogen and oxygen atoms in total. The molecule has 0 heterocycles. The molecule has 0 aliphatic rings. The SMILES string of the molecule is C=NNC(=C)C=N. The summed E-state index contributed by atoms with van der Waals surface area (Å²) in [4.78, 5) is 0. The number of nitrogens with zero attached hydrogens (tertiary/aromatic N) is 1. The Morgan fingerprint density at radius 3 is 2.57 bits per heavy atom. The molecular weight excluding hydrogens is 90.1 g/mol. The van der Waals surface area contributed by atoms with Gasteiger partial charge in [-0.2, -0.15) is 5.10 Å². The maximum atomic E-state index is 6.54. The van der Waals surface area contributed by atoms with Crippen molar-refractivity contribution < 1.29 is 0 Å². The van der Waals surface area contributed by atoms with Crippen LogP contribution < -0.4 is 5.43 Å². The van der Waals surface area contributed by atoms with Gasteiger partial charge in [0.05, 0.1) is 5.70 Å². The monoisotopic (exact) mass is 97.1 g/mol. The van der Waals surface area contributed by atoms with Crippen LogP contribution in [0.5, 0.6) is 0 Å². The third-order valence-electron chi connectivity index (χ3n) is 0.397. The molecule has 0 aromatic heterocycles. The summed E-state index contributed by atoms with van der Waals surface area (Å²) in [5.41, 5.74) is 2.81. The van der Waals surface area contributed by atoms with Crippen molar-refractivity contribution in [2.75, 3.05) is 0 Å². The Balaban J connectivity index is 3.36. The van der Waals surface area contributed by atoms with Crippen LogP contribution in [0, 0.1) is 5.41 Å². The highest BCUT2D eigenvalue weighted by Gasteiger charge is 1.74. The highest BCUT2D eigenvalue weighted by Crippen LogP contribution is 1.70. The van der Waals surface area contributed by atoms with Crippen molar-refractivity contribution in [1.29, 1.82) is 5.41 Å². The zero-order valence-electron chi connectivity index (χ0n) is 3.94. The molecule has 0 aromatic rings. The second-order valence-electron chi connectivity index (χ2n) is 0.939. The minimum absolute atomic E-state index is 0.440. The normalized spacial score (nSPS) is 6.86. The van der Waals surface area contributed by atoms with E-state index in [1.165, 1.54) is 0 Å². The van der Waals surface area contributed by atoms with Crippen molar-refractivity contribution in [3.63, 3.8) is 0 Å². The molecular formula is C4H7N3. The van der Waals surface area contributed by atoms with E-state index >= 15 is 0 Å². The summed E-state index contributed by atoms with van der Waals surface area (Å²) < 4.78 is 0. The fourth-order valence-electron chi connectivity index (χ4n) is 0.134. The molecule has 0 aromatic carbocycles. The Morgan fingerprint density at radius 2 is 2.43 bits per heavy atom. The van der Waals surface area contributed by atoms with Crippen LogP contribution in [0.25, 0.3) is 0 Å². The van der Waals surface area contributed by atoms with Gasteiger partial charge in [-0.3, -0.25) is 5.43 Å². The number of hydrogen-bond donors (Lipinski definition) is 2. The minimum atomic E-state index is 0.440. The molecule has 0 rings (SSSR count). The van der Waals surface area contributed by atoms with Crippen molar-refractivity contribution in [1.82, 2.24) is 5.43 Å². The molecule has 0 amide bonds. The predicted molar refractivity (Wildman–Crippen MR) is 30.6 cm³/mol. The van der Waals surface area contributed by atoms with Crippen LogP contribution in [0.4, 0.5) is 0 Å². The number of hydrazone groups is 1. The molecule has 7 heavy (non-hydrogen) atoms. The number of allylic oxidation sites excluding steroid dienone is 1. The molecule has 38 valence electrons. The summed E-state index contributed by atoms with van der Waals surface area (Å²) in [6, 6.07) is 0. The van der Waals surface area contributed by atoms with E-state index < -0.39 is 0 Å². The molecule has 0 fully saturated rings. The summed E-state index contributed by atoms with van der Waals surface area (Å²) >= 11 is 0. The van der Waals surface area contributed by atoms with E-state index in [1.807, 2.05) is 0 Å². The van der Waals surface area contributed by atoms with E-state index in [9.17, 15) is 0 Å². The summed E-state index contributed by atoms with van der Waals surface area (Å²) in [6.45, 7) is 6.50. The number of rotatable bonds is 3. The lowest BCUT2D eigenvalue weighted by Crippen LogP contribution is -2.02. The zero-order valence-corrected chi connectivity index (χ0v) is 3.94. The van der Waals surface area contributed by atoms with E-state index in [2.05, 4.69) is 23.8 Å². The first-order valence-corrected chi connectivity index (χ1v) is 1.72. The average Bonchev–Trinajstić information content (AvgIpc) is 1.68. The molecule has 0 atom stereocenters. The Bertz CT molecular complexity index is 95.1. The van der Waals surface area contributed by atoms with E-state index in [0.29, 0.717) is 5.70 Å². The van der Waals surface area contributed by atoms with Crippen LogP contribution >= 0.6 is 0 Å². The Morgan fingerprint density at radius 1 is 1.86 bits per heavy atom. The maximum absolute atomic E-state index is 6.54. The van der Waals surface area contributed by atoms with Crippen molar-refractivity contribution in [3.8, 4) is 0 Å². The van der Waals surface area contributed by atoms with E-state index in [0.717, 1.165) is 6.21 Å². The van der Waals surface area contributed by atoms with Crippen LogP contribution in [-0.2, 0) is 0 Å². The van der Waals surface area contributed by atoms with Crippen LogP contribution in [0.15, 0.2) is 17.4 Å². The number of nitrogens with one attached hydrogen (secondary N) is 2. The highest BCUT2D eigenvalue weighted by atomic mass is 15.3. The Hall–Kier alpha value is -1.12. The van der Waals surface area contributed by atoms with Gasteiger partial charge < -0.3 is 5.41 Å². The highest BCUT2D eigenvalue weighted by molar-refractivity contribution is 5.73. The quantitative estimate of drug-likeness (QED) is 0.387. The van der Waals surface area contributed by atoms with Crippen LogP contribution in [0.1, 0.15) is 0 Å². The topological polar surface area (TPSA) is 48.2 Å². The van der Waals surface area contributed by atoms with Crippen LogP contribution in [0.2, 0.25) is 0 Å². The van der Waals surface area contributed by atoms with Gasteiger partial charge in [0.2, 0.25) is 0 Å². The predicted octanol–water partition coefficient (Wildman–Crippen LogP) is 0.355. The zero-order chi connectivity index (χ0) is 5.70. The second-order valence-corrected chi connectivity index (χ2v) is 0.939. The molecule has 0 aliphatic heterocycles. The van der Waals surface area contributed by atoms with Gasteiger partial charge >= 0.3 is 0 Å². The van der Waals surface area contributed by atoms with Gasteiger partial charge in [-0.25, -0.2) is 0 Å². The first-order chi connectivity index (χ1) is 3.31. The van der Waals surface area contributed by atoms with E-state index in [-0.39, 0.29) is 0 Å². The first kappa shape index (κ1) is 5.88. The van der Waals surface area contributed by atoms with Gasteiger partial charge in [-0.05, 0) is 0 Å². The van der Waals surface area contributed by atoms with Gasteiger partial charge in [-0.15, -0.1) is 0 Å². The van der Waals surface area contributed by atoms with Gasteiger partial charge in [-0.1, -0.05) is 6.58 Å². The minimum Gasteiger partial charge on any atom is -0.307 e. The lowest BCUT2D eigenvalue weighted by Gasteiger charge is -1.90. The van der Waals surface area contributed by atoms with Crippen molar-refractivity contribution in [2.24, 2.45) is 5.10 Å². The van der Waals surface area contributed by atoms with Crippen LogP contribution in [0.3, 0.4) is 0 Å². The van der Waals surface area contributed by atoms with Crippen LogP contribution in [-0.4, -0.2) is 12.9 Å². The summed E-state index contributed by atoms with van der Waals surface area (Å²) in [5.74, 6) is 0. The molecule has 0 unspecified atom stereocenters. The molecule has 0 spiro atoms. The smallest absolute Gasteiger partial charge is 0.0665 e. The fraction of sp³-hybridized carbons (Fsp3) is 0. The third-order valence-corrected chi connectivity index (χ3v) is 0.397. The molecule has 0 aliphatic carbocycles. The molecule has 2 N–H and O–H groups in total. The molecule has 0 radical (unpaired) electrons. The Labute approximate surface area is 42.2 Å². The van der Waals surface area contributed by atoms with Crippen molar-refractivity contribution in [2.45, 2.75) is 0 Å². The van der Waals surface area contributed by atoms with Gasteiger partial charge in [0.1, 0.15) is 0 Å². The lowest BCUT2D eigenvalue weighted by atomic mass is 10.6. The number of hydrogen-bond acceptors (Lipinski definition) is 3. The molecule has 0 saturated heterocycles. The molecule has 0 bridgehead atoms. The Kier molecular flexibility index (Phi) is 2.59. The van der Waals surface area contributed by atoms with Gasteiger partial charge in [0.15, 0.2) is 0 Å². The second kappa shape index (κ2) is 3.08. The van der Waals surface area contributed by atoms with Gasteiger partial charge in [0, 0.05) is 12.9 Å². The standard InChI is InChI=1S/C4H7N3/c1-4(3-5)7-6-2/h3,5,7H,1-2H2. The largest absolute Gasteiger partial charge is 0.307 e. The van der Waals surface area contributed by atoms with E-state index in [4.69, 9.17) is 5.41 Å². The lowest BCUT2D eigenvalue weighted by molar-refractivity contribution is 0.952.